The van der Waals surface area contributed by atoms with Gasteiger partial charge in [0.1, 0.15) is 12.4 Å². The molecule has 35 heavy (non-hydrogen) atoms. The second-order valence-electron chi connectivity index (χ2n) is 9.30. The fourth-order valence-corrected chi connectivity index (χ4v) is 4.65. The summed E-state index contributed by atoms with van der Waals surface area (Å²) >= 11 is 0. The summed E-state index contributed by atoms with van der Waals surface area (Å²) in [5, 5.41) is 12.6. The minimum absolute atomic E-state index is 0.560. The van der Waals surface area contributed by atoms with Gasteiger partial charge in [-0.3, -0.25) is 9.58 Å². The minimum Gasteiger partial charge on any atom is -0.492 e. The van der Waals surface area contributed by atoms with Gasteiger partial charge >= 0.3 is 0 Å². The first-order valence-corrected chi connectivity index (χ1v) is 12.8. The highest BCUT2D eigenvalue weighted by Crippen LogP contribution is 2.23. The molecular weight excluding hydrogens is 438 g/mol. The monoisotopic (exact) mass is 473 g/mol. The highest BCUT2D eigenvalue weighted by Gasteiger charge is 2.13. The fourth-order valence-electron chi connectivity index (χ4n) is 4.65. The number of likely N-dealkylation sites (tertiary alicyclic amines) is 1. The first kappa shape index (κ1) is 23.4. The third-order valence-electron chi connectivity index (χ3n) is 6.87. The molecule has 1 aromatic carbocycles. The molecule has 1 saturated heterocycles. The second kappa shape index (κ2) is 10.9. The van der Waals surface area contributed by atoms with E-state index in [1.165, 1.54) is 25.9 Å². The number of hydrogen-bond donors (Lipinski definition) is 1. The summed E-state index contributed by atoms with van der Waals surface area (Å²) in [7, 11) is 0. The van der Waals surface area contributed by atoms with E-state index in [9.17, 15) is 0 Å². The van der Waals surface area contributed by atoms with E-state index in [0.717, 1.165) is 60.9 Å². The third kappa shape index (κ3) is 5.65. The number of nitrogens with one attached hydrogen (secondary N) is 1. The summed E-state index contributed by atoms with van der Waals surface area (Å²) in [5.74, 6) is 2.08. The molecule has 184 valence electrons. The summed E-state index contributed by atoms with van der Waals surface area (Å²) in [6, 6.07) is 14.0. The molecule has 5 rings (SSSR count). The zero-order valence-corrected chi connectivity index (χ0v) is 20.7. The molecule has 3 aromatic heterocycles. The van der Waals surface area contributed by atoms with Gasteiger partial charge in [-0.25, -0.2) is 4.52 Å². The van der Waals surface area contributed by atoms with E-state index in [2.05, 4.69) is 46.4 Å². The van der Waals surface area contributed by atoms with Gasteiger partial charge in [-0.05, 0) is 68.2 Å². The molecule has 1 N–H and O–H groups in total. The largest absolute Gasteiger partial charge is 0.492 e. The second-order valence-corrected chi connectivity index (χ2v) is 9.30. The Bertz CT molecular complexity index is 1220. The van der Waals surface area contributed by atoms with Crippen molar-refractivity contribution in [2.75, 3.05) is 31.6 Å². The molecule has 1 aliphatic rings. The van der Waals surface area contributed by atoms with Crippen LogP contribution in [0.1, 0.15) is 39.5 Å². The summed E-state index contributed by atoms with van der Waals surface area (Å²) < 4.78 is 9.82. The number of benzene rings is 1. The average Bonchev–Trinajstić information content (AvgIpc) is 3.64. The normalized spacial score (nSPS) is 14.3. The Balaban J connectivity index is 1.25. The molecule has 4 heterocycles. The van der Waals surface area contributed by atoms with Crippen molar-refractivity contribution >= 4 is 17.3 Å². The first-order valence-electron chi connectivity index (χ1n) is 12.8. The maximum absolute atomic E-state index is 5.91. The predicted molar refractivity (Wildman–Crippen MR) is 139 cm³/mol. The predicted octanol–water partition coefficient (Wildman–Crippen LogP) is 5.25. The van der Waals surface area contributed by atoms with E-state index in [1.54, 1.807) is 0 Å². The average molecular weight is 474 g/mol. The van der Waals surface area contributed by atoms with Crippen LogP contribution < -0.4 is 10.1 Å². The molecule has 0 amide bonds. The highest BCUT2D eigenvalue weighted by atomic mass is 16.5. The maximum atomic E-state index is 5.91. The molecule has 0 unspecified atom stereocenters. The summed E-state index contributed by atoms with van der Waals surface area (Å²) in [5.41, 5.74) is 3.72. The van der Waals surface area contributed by atoms with Gasteiger partial charge in [-0.1, -0.05) is 32.8 Å². The van der Waals surface area contributed by atoms with E-state index in [4.69, 9.17) is 9.84 Å². The van der Waals surface area contributed by atoms with Gasteiger partial charge < -0.3 is 10.1 Å². The van der Waals surface area contributed by atoms with Crippen LogP contribution in [0.2, 0.25) is 0 Å². The van der Waals surface area contributed by atoms with Crippen LogP contribution in [0.4, 0.5) is 11.6 Å². The van der Waals surface area contributed by atoms with Crippen LogP contribution in [-0.4, -0.2) is 55.5 Å². The molecule has 1 fully saturated rings. The van der Waals surface area contributed by atoms with Crippen molar-refractivity contribution in [3.8, 4) is 17.0 Å². The van der Waals surface area contributed by atoms with E-state index in [0.29, 0.717) is 11.9 Å². The molecule has 1 aliphatic heterocycles. The Kier molecular flexibility index (Phi) is 7.28. The minimum atomic E-state index is 0.560. The van der Waals surface area contributed by atoms with E-state index >= 15 is 0 Å². The quantitative estimate of drug-likeness (QED) is 0.321. The van der Waals surface area contributed by atoms with Crippen LogP contribution in [0.25, 0.3) is 16.9 Å². The lowest BCUT2D eigenvalue weighted by atomic mass is 10.0. The molecule has 0 saturated carbocycles. The SMILES string of the molecule is CCC(CC)Cn1cc(-c2cccc3nc(Nc4ccc(OCCN5CCCC5)cc4)nn23)cn1. The number of pyridine rings is 1. The van der Waals surface area contributed by atoms with Crippen molar-refractivity contribution in [1.29, 1.82) is 0 Å². The topological polar surface area (TPSA) is 72.5 Å². The van der Waals surface area contributed by atoms with Crippen molar-refractivity contribution in [3.05, 3.63) is 54.9 Å². The Morgan fingerprint density at radius 1 is 1.03 bits per heavy atom. The Morgan fingerprint density at radius 3 is 2.60 bits per heavy atom. The number of fused-ring (bicyclic) bond motifs is 1. The van der Waals surface area contributed by atoms with Gasteiger partial charge in [-0.2, -0.15) is 10.1 Å². The number of rotatable bonds is 11. The van der Waals surface area contributed by atoms with Crippen LogP contribution in [0.5, 0.6) is 5.75 Å². The van der Waals surface area contributed by atoms with E-state index < -0.39 is 0 Å². The lowest BCUT2D eigenvalue weighted by molar-refractivity contribution is 0.238. The van der Waals surface area contributed by atoms with Crippen molar-refractivity contribution in [2.24, 2.45) is 5.92 Å². The van der Waals surface area contributed by atoms with E-state index in [-0.39, 0.29) is 0 Å². The van der Waals surface area contributed by atoms with Crippen LogP contribution >= 0.6 is 0 Å². The van der Waals surface area contributed by atoms with Gasteiger partial charge in [0, 0.05) is 30.5 Å². The molecule has 0 bridgehead atoms. The number of aromatic nitrogens is 5. The Labute approximate surface area is 206 Å². The van der Waals surface area contributed by atoms with Crippen LogP contribution in [0.15, 0.2) is 54.9 Å². The lowest BCUT2D eigenvalue weighted by Gasteiger charge is -2.15. The standard InChI is InChI=1S/C27H35N7O/c1-3-21(4-2)19-33-20-22(18-28-33)25-8-7-9-26-30-27(31-34(25)26)29-23-10-12-24(13-11-23)35-17-16-32-14-5-6-15-32/h7-13,18,20-21H,3-6,14-17,19H2,1-2H3,(H,29,31). The van der Waals surface area contributed by atoms with Crippen molar-refractivity contribution < 1.29 is 4.74 Å². The van der Waals surface area contributed by atoms with Gasteiger partial charge in [0.05, 0.1) is 11.9 Å². The van der Waals surface area contributed by atoms with E-state index in [1.807, 2.05) is 51.8 Å². The van der Waals surface area contributed by atoms with Gasteiger partial charge in [0.25, 0.3) is 0 Å². The summed E-state index contributed by atoms with van der Waals surface area (Å²) in [4.78, 5) is 7.12. The zero-order valence-electron chi connectivity index (χ0n) is 20.7. The number of nitrogens with zero attached hydrogens (tertiary/aromatic N) is 6. The van der Waals surface area contributed by atoms with Crippen molar-refractivity contribution in [1.82, 2.24) is 29.3 Å². The fraction of sp³-hybridized carbons (Fsp3) is 0.444. The third-order valence-corrected chi connectivity index (χ3v) is 6.87. The molecule has 4 aromatic rings. The summed E-state index contributed by atoms with van der Waals surface area (Å²) in [6.07, 6.45) is 8.94. The molecule has 8 heteroatoms. The molecule has 0 aliphatic carbocycles. The first-order chi connectivity index (χ1) is 17.2. The molecule has 0 atom stereocenters. The molecular formula is C27H35N7O. The molecule has 0 spiro atoms. The molecule has 0 radical (unpaired) electrons. The van der Waals surface area contributed by atoms with Crippen LogP contribution in [0, 0.1) is 5.92 Å². The van der Waals surface area contributed by atoms with Crippen LogP contribution in [0.3, 0.4) is 0 Å². The summed E-state index contributed by atoms with van der Waals surface area (Å²) in [6.45, 7) is 9.51. The maximum Gasteiger partial charge on any atom is 0.247 e. The Morgan fingerprint density at radius 2 is 1.83 bits per heavy atom. The van der Waals surface area contributed by atoms with Gasteiger partial charge in [0.2, 0.25) is 5.95 Å². The van der Waals surface area contributed by atoms with Crippen molar-refractivity contribution in [2.45, 2.75) is 46.1 Å². The Hall–Kier alpha value is -3.39. The number of ether oxygens (including phenoxy) is 1. The number of hydrogen-bond acceptors (Lipinski definition) is 6. The van der Waals surface area contributed by atoms with Crippen molar-refractivity contribution in [3.63, 3.8) is 0 Å². The zero-order chi connectivity index (χ0) is 24.0. The number of anilines is 2. The molecule has 8 nitrogen and oxygen atoms in total. The van der Waals surface area contributed by atoms with Crippen LogP contribution in [-0.2, 0) is 6.54 Å². The van der Waals surface area contributed by atoms with Gasteiger partial charge in [-0.15, -0.1) is 5.10 Å². The lowest BCUT2D eigenvalue weighted by Crippen LogP contribution is -2.25. The highest BCUT2D eigenvalue weighted by molar-refractivity contribution is 5.63. The van der Waals surface area contributed by atoms with Gasteiger partial charge in [0.15, 0.2) is 5.65 Å². The smallest absolute Gasteiger partial charge is 0.247 e.